The van der Waals surface area contributed by atoms with Crippen LogP contribution >= 0.6 is 11.6 Å². The van der Waals surface area contributed by atoms with Gasteiger partial charge in [-0.05, 0) is 66.0 Å². The van der Waals surface area contributed by atoms with Crippen molar-refractivity contribution in [1.82, 2.24) is 0 Å². The van der Waals surface area contributed by atoms with Crippen LogP contribution in [0.15, 0.2) is 42.5 Å². The molecule has 130 valence electrons. The first-order valence-corrected chi connectivity index (χ1v) is 8.81. The number of hydrogen-bond acceptors (Lipinski definition) is 2. The number of aromatic hydroxyl groups is 1. The summed E-state index contributed by atoms with van der Waals surface area (Å²) < 4.78 is 5.18. The van der Waals surface area contributed by atoms with Gasteiger partial charge in [0.1, 0.15) is 0 Å². The van der Waals surface area contributed by atoms with Crippen molar-refractivity contribution in [2.75, 3.05) is 7.11 Å². The van der Waals surface area contributed by atoms with Crippen molar-refractivity contribution in [3.05, 3.63) is 58.6 Å². The van der Waals surface area contributed by atoms with E-state index in [-0.39, 0.29) is 11.2 Å². The highest BCUT2D eigenvalue weighted by molar-refractivity contribution is 6.30. The van der Waals surface area contributed by atoms with Crippen molar-refractivity contribution in [3.63, 3.8) is 0 Å². The molecule has 0 aliphatic carbocycles. The minimum Gasteiger partial charge on any atom is -0.504 e. The third-order valence-corrected chi connectivity index (χ3v) is 4.91. The molecule has 0 fully saturated rings. The lowest BCUT2D eigenvalue weighted by Crippen LogP contribution is -2.21. The van der Waals surface area contributed by atoms with E-state index in [1.54, 1.807) is 13.2 Å². The number of aryl methyl sites for hydroxylation is 1. The van der Waals surface area contributed by atoms with Crippen LogP contribution in [0.1, 0.15) is 44.7 Å². The van der Waals surface area contributed by atoms with E-state index in [1.807, 2.05) is 24.3 Å². The highest BCUT2D eigenvalue weighted by Crippen LogP contribution is 2.33. The molecule has 0 radical (unpaired) electrons. The second-order valence-electron chi connectivity index (χ2n) is 7.24. The van der Waals surface area contributed by atoms with Gasteiger partial charge in [0, 0.05) is 5.02 Å². The molecular formula is C21H27ClO2. The lowest BCUT2D eigenvalue weighted by molar-refractivity contribution is 0.361. The smallest absolute Gasteiger partial charge is 0.160 e. The maximum absolute atomic E-state index is 9.68. The molecule has 1 unspecified atom stereocenters. The third kappa shape index (κ3) is 4.91. The second kappa shape index (κ2) is 7.94. The van der Waals surface area contributed by atoms with Gasteiger partial charge in [0.25, 0.3) is 0 Å². The van der Waals surface area contributed by atoms with Gasteiger partial charge in [0.05, 0.1) is 7.11 Å². The molecule has 2 nitrogen and oxygen atoms in total. The average molecular weight is 347 g/mol. The fourth-order valence-electron chi connectivity index (χ4n) is 3.28. The van der Waals surface area contributed by atoms with Crippen molar-refractivity contribution in [1.29, 1.82) is 0 Å². The molecule has 1 N–H and O–H groups in total. The number of ether oxygens (including phenoxy) is 1. The molecule has 0 saturated heterocycles. The number of halogens is 1. The van der Waals surface area contributed by atoms with E-state index in [0.29, 0.717) is 11.7 Å². The molecule has 1 atom stereocenters. The summed E-state index contributed by atoms with van der Waals surface area (Å²) in [6, 6.07) is 13.8. The molecule has 2 rings (SSSR count). The Bertz CT molecular complexity index is 662. The van der Waals surface area contributed by atoms with E-state index >= 15 is 0 Å². The lowest BCUT2D eigenvalue weighted by atomic mass is 9.76. The highest BCUT2D eigenvalue weighted by Gasteiger charge is 2.23. The Balaban J connectivity index is 1.95. The summed E-state index contributed by atoms with van der Waals surface area (Å²) in [6.07, 6.45) is 3.20. The monoisotopic (exact) mass is 346 g/mol. The van der Waals surface area contributed by atoms with Crippen LogP contribution in [0.4, 0.5) is 0 Å². The first-order valence-electron chi connectivity index (χ1n) is 8.44. The van der Waals surface area contributed by atoms with Gasteiger partial charge in [-0.25, -0.2) is 0 Å². The van der Waals surface area contributed by atoms with E-state index in [2.05, 4.69) is 32.9 Å². The summed E-state index contributed by atoms with van der Waals surface area (Å²) in [7, 11) is 1.58. The van der Waals surface area contributed by atoms with Crippen LogP contribution in [0, 0.1) is 5.92 Å². The number of hydrogen-bond donors (Lipinski definition) is 1. The number of phenols is 1. The van der Waals surface area contributed by atoms with Gasteiger partial charge in [0.15, 0.2) is 11.5 Å². The van der Waals surface area contributed by atoms with Crippen LogP contribution in [0.5, 0.6) is 11.5 Å². The molecular weight excluding hydrogens is 320 g/mol. The predicted octanol–water partition coefficient (Wildman–Crippen LogP) is 5.99. The SMILES string of the molecule is COc1cc(CCC(C)CC(C)(C)c2ccc(Cl)cc2)ccc1O. The van der Waals surface area contributed by atoms with Gasteiger partial charge >= 0.3 is 0 Å². The molecule has 0 bridgehead atoms. The molecule has 0 aliphatic heterocycles. The summed E-state index contributed by atoms with van der Waals surface area (Å²) in [6.45, 7) is 6.88. The first-order chi connectivity index (χ1) is 11.3. The van der Waals surface area contributed by atoms with Crippen molar-refractivity contribution >= 4 is 11.6 Å². The Morgan fingerprint density at radius 3 is 2.42 bits per heavy atom. The second-order valence-corrected chi connectivity index (χ2v) is 7.68. The van der Waals surface area contributed by atoms with Crippen LogP contribution < -0.4 is 4.74 Å². The topological polar surface area (TPSA) is 29.5 Å². The van der Waals surface area contributed by atoms with Gasteiger partial charge in [-0.3, -0.25) is 0 Å². The van der Waals surface area contributed by atoms with Gasteiger partial charge < -0.3 is 9.84 Å². The summed E-state index contributed by atoms with van der Waals surface area (Å²) in [5.41, 5.74) is 2.64. The van der Waals surface area contributed by atoms with Gasteiger partial charge in [-0.2, -0.15) is 0 Å². The Kier molecular flexibility index (Phi) is 6.17. The molecule has 0 amide bonds. The maximum Gasteiger partial charge on any atom is 0.160 e. The van der Waals surface area contributed by atoms with Crippen molar-refractivity contribution < 1.29 is 9.84 Å². The first kappa shape index (κ1) is 18.7. The quantitative estimate of drug-likeness (QED) is 0.667. The largest absolute Gasteiger partial charge is 0.504 e. The van der Waals surface area contributed by atoms with E-state index in [4.69, 9.17) is 16.3 Å². The molecule has 3 heteroatoms. The molecule has 24 heavy (non-hydrogen) atoms. The maximum atomic E-state index is 9.68. The number of methoxy groups -OCH3 is 1. The Morgan fingerprint density at radius 1 is 1.12 bits per heavy atom. The molecule has 2 aromatic rings. The fourth-order valence-corrected chi connectivity index (χ4v) is 3.41. The minimum absolute atomic E-state index is 0.122. The van der Waals surface area contributed by atoms with E-state index in [9.17, 15) is 5.11 Å². The molecule has 0 aromatic heterocycles. The normalized spacial score (nSPS) is 12.9. The fraction of sp³-hybridized carbons (Fsp3) is 0.429. The molecule has 0 saturated carbocycles. The van der Waals surface area contributed by atoms with Crippen molar-refractivity contribution in [2.24, 2.45) is 5.92 Å². The van der Waals surface area contributed by atoms with Crippen LogP contribution in [-0.4, -0.2) is 12.2 Å². The summed E-state index contributed by atoms with van der Waals surface area (Å²) >= 11 is 5.99. The van der Waals surface area contributed by atoms with Crippen LogP contribution in [-0.2, 0) is 11.8 Å². The number of phenolic OH excluding ortho intramolecular Hbond substituents is 1. The predicted molar refractivity (Wildman–Crippen MR) is 101 cm³/mol. The Hall–Kier alpha value is -1.67. The molecule has 0 spiro atoms. The van der Waals surface area contributed by atoms with Crippen molar-refractivity contribution in [3.8, 4) is 11.5 Å². The summed E-state index contributed by atoms with van der Waals surface area (Å²) in [5, 5.41) is 10.5. The van der Waals surface area contributed by atoms with E-state index in [1.165, 1.54) is 11.1 Å². The Morgan fingerprint density at radius 2 is 1.79 bits per heavy atom. The summed E-state index contributed by atoms with van der Waals surface area (Å²) in [5.74, 6) is 1.33. The van der Waals surface area contributed by atoms with E-state index in [0.717, 1.165) is 24.3 Å². The van der Waals surface area contributed by atoms with Gasteiger partial charge in [0.2, 0.25) is 0 Å². The van der Waals surface area contributed by atoms with Crippen LogP contribution in [0.25, 0.3) is 0 Å². The van der Waals surface area contributed by atoms with Gasteiger partial charge in [-0.1, -0.05) is 50.6 Å². The van der Waals surface area contributed by atoms with Crippen LogP contribution in [0.2, 0.25) is 5.02 Å². The summed E-state index contributed by atoms with van der Waals surface area (Å²) in [4.78, 5) is 0. The van der Waals surface area contributed by atoms with E-state index < -0.39 is 0 Å². The van der Waals surface area contributed by atoms with Crippen LogP contribution in [0.3, 0.4) is 0 Å². The zero-order valence-corrected chi connectivity index (χ0v) is 15.7. The third-order valence-electron chi connectivity index (χ3n) is 4.65. The lowest BCUT2D eigenvalue weighted by Gasteiger charge is -2.29. The molecule has 2 aromatic carbocycles. The standard InChI is InChI=1S/C21H27ClO2/c1-15(5-6-16-7-12-19(23)20(13-16)24-4)14-21(2,3)17-8-10-18(22)11-9-17/h7-13,15,23H,5-6,14H2,1-4H3. The zero-order chi connectivity index (χ0) is 17.7. The Labute approximate surface area is 150 Å². The number of rotatable bonds is 7. The highest BCUT2D eigenvalue weighted by atomic mass is 35.5. The molecule has 0 aliphatic rings. The minimum atomic E-state index is 0.122. The van der Waals surface area contributed by atoms with Gasteiger partial charge in [-0.15, -0.1) is 0 Å². The average Bonchev–Trinajstić information content (AvgIpc) is 2.54. The number of benzene rings is 2. The van der Waals surface area contributed by atoms with Crippen molar-refractivity contribution in [2.45, 2.75) is 45.4 Å². The molecule has 0 heterocycles. The zero-order valence-electron chi connectivity index (χ0n) is 15.0.